The van der Waals surface area contributed by atoms with Gasteiger partial charge in [0.15, 0.2) is 0 Å². The molecule has 0 radical (unpaired) electrons. The van der Waals surface area contributed by atoms with E-state index >= 15 is 0 Å². The van der Waals surface area contributed by atoms with Crippen LogP contribution in [0.1, 0.15) is 24.3 Å². The van der Waals surface area contributed by atoms with Crippen molar-refractivity contribution in [3.05, 3.63) is 66.6 Å². The van der Waals surface area contributed by atoms with Gasteiger partial charge < -0.3 is 20.1 Å². The molecule has 1 heterocycles. The third kappa shape index (κ3) is 4.97. The minimum Gasteiger partial charge on any atom is -0.494 e. The molecule has 2 N–H and O–H groups in total. The molecule has 1 aromatic heterocycles. The molecule has 0 atom stereocenters. The van der Waals surface area contributed by atoms with Crippen LogP contribution in [0.25, 0.3) is 0 Å². The fourth-order valence-corrected chi connectivity index (χ4v) is 2.50. The van der Waals surface area contributed by atoms with Gasteiger partial charge in [0.1, 0.15) is 23.0 Å². The number of carbonyl (C=O) groups excluding carboxylic acids is 1. The summed E-state index contributed by atoms with van der Waals surface area (Å²) in [5.74, 6) is 1.60. The standard InChI is InChI=1S/C21H22N4O3/c1-3-27-16-11-9-15(10-12-16)24-20-14-22-18(13-23-20)21(26)25-17-7-5-6-8-19(17)28-4-2/h5-14H,3-4H2,1-2H3,(H,23,24)(H,25,26). The molecule has 0 aliphatic rings. The highest BCUT2D eigenvalue weighted by Crippen LogP contribution is 2.24. The molecule has 0 aliphatic heterocycles. The first-order valence-electron chi connectivity index (χ1n) is 9.04. The van der Waals surface area contributed by atoms with Crippen LogP contribution in [-0.2, 0) is 0 Å². The minimum absolute atomic E-state index is 0.212. The largest absolute Gasteiger partial charge is 0.494 e. The maximum Gasteiger partial charge on any atom is 0.275 e. The molecule has 0 spiro atoms. The van der Waals surface area contributed by atoms with E-state index in [9.17, 15) is 4.79 Å². The summed E-state index contributed by atoms with van der Waals surface area (Å²) in [7, 11) is 0. The van der Waals surface area contributed by atoms with Crippen molar-refractivity contribution >= 4 is 23.1 Å². The summed E-state index contributed by atoms with van der Waals surface area (Å²) in [4.78, 5) is 20.9. The summed E-state index contributed by atoms with van der Waals surface area (Å²) in [5, 5.41) is 5.93. The number of nitrogens with zero attached hydrogens (tertiary/aromatic N) is 2. The Morgan fingerprint density at radius 3 is 2.36 bits per heavy atom. The topological polar surface area (TPSA) is 85.4 Å². The Kier molecular flexibility index (Phi) is 6.41. The van der Waals surface area contributed by atoms with Crippen LogP contribution in [0.4, 0.5) is 17.2 Å². The highest BCUT2D eigenvalue weighted by atomic mass is 16.5. The fraction of sp³-hybridized carbons (Fsp3) is 0.190. The lowest BCUT2D eigenvalue weighted by Crippen LogP contribution is -2.15. The molecule has 0 saturated carbocycles. The van der Waals surface area contributed by atoms with Crippen LogP contribution in [0.15, 0.2) is 60.9 Å². The van der Waals surface area contributed by atoms with Crippen molar-refractivity contribution in [2.45, 2.75) is 13.8 Å². The maximum atomic E-state index is 12.4. The van der Waals surface area contributed by atoms with E-state index in [0.717, 1.165) is 11.4 Å². The van der Waals surface area contributed by atoms with E-state index in [-0.39, 0.29) is 11.6 Å². The average Bonchev–Trinajstić information content (AvgIpc) is 2.72. The van der Waals surface area contributed by atoms with Crippen LogP contribution in [0.2, 0.25) is 0 Å². The molecule has 3 aromatic rings. The van der Waals surface area contributed by atoms with E-state index in [1.54, 1.807) is 12.1 Å². The van der Waals surface area contributed by atoms with Gasteiger partial charge in [-0.15, -0.1) is 0 Å². The van der Waals surface area contributed by atoms with Crippen LogP contribution < -0.4 is 20.1 Å². The van der Waals surface area contributed by atoms with Gasteiger partial charge in [-0.1, -0.05) is 12.1 Å². The molecule has 0 fully saturated rings. The second kappa shape index (κ2) is 9.36. The first kappa shape index (κ1) is 19.2. The van der Waals surface area contributed by atoms with Crippen molar-refractivity contribution < 1.29 is 14.3 Å². The molecule has 1 amide bonds. The van der Waals surface area contributed by atoms with Crippen LogP contribution in [-0.4, -0.2) is 29.1 Å². The van der Waals surface area contributed by atoms with Crippen molar-refractivity contribution in [2.75, 3.05) is 23.8 Å². The quantitative estimate of drug-likeness (QED) is 0.609. The van der Waals surface area contributed by atoms with Gasteiger partial charge in [0.05, 0.1) is 31.3 Å². The molecule has 7 nitrogen and oxygen atoms in total. The number of para-hydroxylation sites is 2. The SMILES string of the molecule is CCOc1ccc(Nc2cnc(C(=O)Nc3ccccc3OCC)cn2)cc1. The van der Waals surface area contributed by atoms with Gasteiger partial charge in [-0.25, -0.2) is 9.97 Å². The number of aromatic nitrogens is 2. The van der Waals surface area contributed by atoms with E-state index in [4.69, 9.17) is 9.47 Å². The number of hydrogen-bond acceptors (Lipinski definition) is 6. The van der Waals surface area contributed by atoms with Gasteiger partial charge in [0, 0.05) is 5.69 Å². The monoisotopic (exact) mass is 378 g/mol. The van der Waals surface area contributed by atoms with E-state index < -0.39 is 0 Å². The highest BCUT2D eigenvalue weighted by Gasteiger charge is 2.11. The van der Waals surface area contributed by atoms with Gasteiger partial charge in [-0.05, 0) is 50.2 Å². The molecule has 0 unspecified atom stereocenters. The molecule has 0 aliphatic carbocycles. The molecule has 7 heteroatoms. The lowest BCUT2D eigenvalue weighted by atomic mass is 10.3. The molecule has 0 bridgehead atoms. The van der Waals surface area contributed by atoms with Gasteiger partial charge >= 0.3 is 0 Å². The Balaban J connectivity index is 1.64. The first-order chi connectivity index (χ1) is 13.7. The Bertz CT molecular complexity index is 912. The van der Waals surface area contributed by atoms with Gasteiger partial charge in [0.2, 0.25) is 0 Å². The zero-order valence-corrected chi connectivity index (χ0v) is 15.8. The van der Waals surface area contributed by atoms with Crippen molar-refractivity contribution in [3.63, 3.8) is 0 Å². The van der Waals surface area contributed by atoms with Crippen LogP contribution in [0.5, 0.6) is 11.5 Å². The number of rotatable bonds is 8. The summed E-state index contributed by atoms with van der Waals surface area (Å²) in [6.45, 7) is 4.96. The number of carbonyl (C=O) groups is 1. The number of hydrogen-bond donors (Lipinski definition) is 2. The second-order valence-electron chi connectivity index (χ2n) is 5.75. The lowest BCUT2D eigenvalue weighted by molar-refractivity contribution is 0.102. The van der Waals surface area contributed by atoms with E-state index in [0.29, 0.717) is 30.5 Å². The summed E-state index contributed by atoms with van der Waals surface area (Å²) in [6.07, 6.45) is 2.94. The number of ether oxygens (including phenoxy) is 2. The lowest BCUT2D eigenvalue weighted by Gasteiger charge is -2.11. The maximum absolute atomic E-state index is 12.4. The second-order valence-corrected chi connectivity index (χ2v) is 5.75. The Morgan fingerprint density at radius 2 is 1.68 bits per heavy atom. The van der Waals surface area contributed by atoms with Gasteiger partial charge in [-0.2, -0.15) is 0 Å². The van der Waals surface area contributed by atoms with E-state index in [1.807, 2.05) is 50.2 Å². The number of nitrogens with one attached hydrogen (secondary N) is 2. The summed E-state index contributed by atoms with van der Waals surface area (Å²) in [5.41, 5.74) is 1.65. The van der Waals surface area contributed by atoms with Crippen molar-refractivity contribution in [2.24, 2.45) is 0 Å². The van der Waals surface area contributed by atoms with Crippen molar-refractivity contribution in [1.29, 1.82) is 0 Å². The predicted molar refractivity (Wildman–Crippen MR) is 108 cm³/mol. The minimum atomic E-state index is -0.354. The van der Waals surface area contributed by atoms with Crippen molar-refractivity contribution in [1.82, 2.24) is 9.97 Å². The normalized spacial score (nSPS) is 10.2. The van der Waals surface area contributed by atoms with Crippen LogP contribution in [0.3, 0.4) is 0 Å². The zero-order valence-electron chi connectivity index (χ0n) is 15.8. The fourth-order valence-electron chi connectivity index (χ4n) is 2.50. The molecular formula is C21H22N4O3. The highest BCUT2D eigenvalue weighted by molar-refractivity contribution is 6.03. The van der Waals surface area contributed by atoms with E-state index in [1.165, 1.54) is 12.4 Å². The predicted octanol–water partition coefficient (Wildman–Crippen LogP) is 4.27. The van der Waals surface area contributed by atoms with Crippen LogP contribution in [0, 0.1) is 0 Å². The summed E-state index contributed by atoms with van der Waals surface area (Å²) < 4.78 is 10.9. The molecule has 144 valence electrons. The molecule has 0 saturated heterocycles. The Morgan fingerprint density at radius 1 is 0.929 bits per heavy atom. The number of amides is 1. The Labute approximate surface area is 163 Å². The Hall–Kier alpha value is -3.61. The molecule has 2 aromatic carbocycles. The average molecular weight is 378 g/mol. The third-order valence-electron chi connectivity index (χ3n) is 3.76. The van der Waals surface area contributed by atoms with Crippen LogP contribution >= 0.6 is 0 Å². The summed E-state index contributed by atoms with van der Waals surface area (Å²) in [6, 6.07) is 14.8. The molecule has 28 heavy (non-hydrogen) atoms. The van der Waals surface area contributed by atoms with Gasteiger partial charge in [-0.3, -0.25) is 4.79 Å². The number of anilines is 3. The smallest absolute Gasteiger partial charge is 0.275 e. The molecular weight excluding hydrogens is 356 g/mol. The third-order valence-corrected chi connectivity index (χ3v) is 3.76. The van der Waals surface area contributed by atoms with Crippen molar-refractivity contribution in [3.8, 4) is 11.5 Å². The van der Waals surface area contributed by atoms with E-state index in [2.05, 4.69) is 20.6 Å². The zero-order chi connectivity index (χ0) is 19.8. The molecule has 3 rings (SSSR count). The summed E-state index contributed by atoms with van der Waals surface area (Å²) >= 11 is 0. The van der Waals surface area contributed by atoms with Gasteiger partial charge in [0.25, 0.3) is 5.91 Å². The first-order valence-corrected chi connectivity index (χ1v) is 9.04. The number of benzene rings is 2.